The summed E-state index contributed by atoms with van der Waals surface area (Å²) in [6.45, 7) is 6.04. The number of benzene rings is 1. The molecular weight excluding hydrogens is 270 g/mol. The first-order valence-electron chi connectivity index (χ1n) is 6.63. The molecule has 21 heavy (non-hydrogen) atoms. The maximum Gasteiger partial charge on any atom is 0.338 e. The van der Waals surface area contributed by atoms with E-state index in [0.29, 0.717) is 23.8 Å². The van der Waals surface area contributed by atoms with Crippen molar-refractivity contribution < 1.29 is 18.7 Å². The molecule has 2 rings (SSSR count). The molecule has 0 fully saturated rings. The molecule has 5 nitrogen and oxygen atoms in total. The van der Waals surface area contributed by atoms with E-state index in [1.807, 2.05) is 26.8 Å². The SMILES string of the molecule is COCc1nc(C)c(-c2cc(C(=O)OC)c(C)cc2C)o1. The summed E-state index contributed by atoms with van der Waals surface area (Å²) in [6, 6.07) is 3.74. The minimum absolute atomic E-state index is 0.315. The zero-order valence-corrected chi connectivity index (χ0v) is 12.9. The number of carbonyl (C=O) groups is 1. The summed E-state index contributed by atoms with van der Waals surface area (Å²) < 4.78 is 15.6. The lowest BCUT2D eigenvalue weighted by molar-refractivity contribution is 0.0600. The van der Waals surface area contributed by atoms with Gasteiger partial charge in [0.15, 0.2) is 5.76 Å². The summed E-state index contributed by atoms with van der Waals surface area (Å²) in [4.78, 5) is 16.2. The van der Waals surface area contributed by atoms with Crippen LogP contribution in [0.1, 0.15) is 33.1 Å². The Hall–Kier alpha value is -2.14. The number of rotatable bonds is 4. The topological polar surface area (TPSA) is 61.6 Å². The van der Waals surface area contributed by atoms with Crippen LogP contribution in [0.5, 0.6) is 0 Å². The van der Waals surface area contributed by atoms with Crippen LogP contribution in [0.4, 0.5) is 0 Å². The van der Waals surface area contributed by atoms with Gasteiger partial charge in [0.2, 0.25) is 5.89 Å². The maximum atomic E-state index is 11.8. The first kappa shape index (κ1) is 15.3. The van der Waals surface area contributed by atoms with Crippen molar-refractivity contribution in [2.24, 2.45) is 0 Å². The monoisotopic (exact) mass is 289 g/mol. The van der Waals surface area contributed by atoms with E-state index in [1.54, 1.807) is 13.2 Å². The van der Waals surface area contributed by atoms with Crippen molar-refractivity contribution in [3.05, 3.63) is 40.4 Å². The van der Waals surface area contributed by atoms with Crippen molar-refractivity contribution in [3.63, 3.8) is 0 Å². The molecule has 0 bridgehead atoms. The van der Waals surface area contributed by atoms with Gasteiger partial charge in [0.05, 0.1) is 18.4 Å². The third-order valence-electron chi connectivity index (χ3n) is 3.33. The van der Waals surface area contributed by atoms with E-state index in [0.717, 1.165) is 22.4 Å². The van der Waals surface area contributed by atoms with E-state index in [1.165, 1.54) is 7.11 Å². The number of nitrogens with zero attached hydrogens (tertiary/aromatic N) is 1. The van der Waals surface area contributed by atoms with Crippen LogP contribution in [0.25, 0.3) is 11.3 Å². The first-order valence-corrected chi connectivity index (χ1v) is 6.63. The number of methoxy groups -OCH3 is 2. The summed E-state index contributed by atoms with van der Waals surface area (Å²) in [5.41, 5.74) is 4.03. The molecule has 0 atom stereocenters. The molecule has 0 amide bonds. The highest BCUT2D eigenvalue weighted by Crippen LogP contribution is 2.30. The van der Waals surface area contributed by atoms with Gasteiger partial charge in [-0.25, -0.2) is 9.78 Å². The zero-order chi connectivity index (χ0) is 15.6. The average Bonchev–Trinajstić information content (AvgIpc) is 2.79. The van der Waals surface area contributed by atoms with Gasteiger partial charge < -0.3 is 13.9 Å². The number of hydrogen-bond acceptors (Lipinski definition) is 5. The second-order valence-corrected chi connectivity index (χ2v) is 4.93. The smallest absolute Gasteiger partial charge is 0.338 e. The van der Waals surface area contributed by atoms with Crippen LogP contribution in [-0.4, -0.2) is 25.2 Å². The van der Waals surface area contributed by atoms with E-state index < -0.39 is 0 Å². The van der Waals surface area contributed by atoms with Crippen molar-refractivity contribution >= 4 is 5.97 Å². The molecule has 1 aromatic heterocycles. The molecule has 1 aromatic carbocycles. The van der Waals surface area contributed by atoms with Gasteiger partial charge in [0.1, 0.15) is 6.61 Å². The molecule has 0 unspecified atom stereocenters. The fourth-order valence-corrected chi connectivity index (χ4v) is 2.31. The molecule has 0 saturated carbocycles. The van der Waals surface area contributed by atoms with Crippen LogP contribution in [0, 0.1) is 20.8 Å². The van der Waals surface area contributed by atoms with Crippen LogP contribution in [0.2, 0.25) is 0 Å². The zero-order valence-electron chi connectivity index (χ0n) is 12.9. The van der Waals surface area contributed by atoms with E-state index >= 15 is 0 Å². The minimum atomic E-state index is -0.358. The van der Waals surface area contributed by atoms with E-state index in [9.17, 15) is 4.79 Å². The van der Waals surface area contributed by atoms with Gasteiger partial charge in [-0.2, -0.15) is 0 Å². The molecule has 0 aliphatic rings. The molecule has 0 radical (unpaired) electrons. The van der Waals surface area contributed by atoms with Gasteiger partial charge in [0, 0.05) is 12.7 Å². The number of carbonyl (C=O) groups excluding carboxylic acids is 1. The normalized spacial score (nSPS) is 10.7. The van der Waals surface area contributed by atoms with E-state index in [2.05, 4.69) is 4.98 Å². The Morgan fingerprint density at radius 1 is 1.19 bits per heavy atom. The van der Waals surface area contributed by atoms with E-state index in [4.69, 9.17) is 13.9 Å². The molecule has 1 heterocycles. The highest BCUT2D eigenvalue weighted by Gasteiger charge is 2.18. The van der Waals surface area contributed by atoms with Gasteiger partial charge in [-0.15, -0.1) is 0 Å². The Morgan fingerprint density at radius 2 is 1.90 bits per heavy atom. The molecule has 0 saturated heterocycles. The Bertz CT molecular complexity index is 673. The van der Waals surface area contributed by atoms with Gasteiger partial charge in [-0.3, -0.25) is 0 Å². The Labute approximate surface area is 123 Å². The average molecular weight is 289 g/mol. The van der Waals surface area contributed by atoms with Gasteiger partial charge in [-0.05, 0) is 38.0 Å². The minimum Gasteiger partial charge on any atom is -0.465 e. The number of oxazole rings is 1. The predicted molar refractivity (Wildman–Crippen MR) is 78.2 cm³/mol. The summed E-state index contributed by atoms with van der Waals surface area (Å²) in [7, 11) is 2.96. The molecule has 112 valence electrons. The lowest BCUT2D eigenvalue weighted by atomic mass is 9.98. The molecule has 0 spiro atoms. The second kappa shape index (κ2) is 6.10. The standard InChI is InChI=1S/C16H19NO4/c1-9-6-10(2)13(16(18)20-5)7-12(9)15-11(3)17-14(21-15)8-19-4/h6-7H,8H2,1-5H3. The van der Waals surface area contributed by atoms with Crippen LogP contribution in [0.15, 0.2) is 16.5 Å². The molecular formula is C16H19NO4. The van der Waals surface area contributed by atoms with Crippen LogP contribution < -0.4 is 0 Å². The highest BCUT2D eigenvalue weighted by molar-refractivity contribution is 5.92. The maximum absolute atomic E-state index is 11.8. The third-order valence-corrected chi connectivity index (χ3v) is 3.33. The van der Waals surface area contributed by atoms with Gasteiger partial charge >= 0.3 is 5.97 Å². The van der Waals surface area contributed by atoms with Crippen molar-refractivity contribution in [2.45, 2.75) is 27.4 Å². The molecule has 5 heteroatoms. The molecule has 0 N–H and O–H groups in total. The van der Waals surface area contributed by atoms with E-state index in [-0.39, 0.29) is 5.97 Å². The molecule has 0 aliphatic carbocycles. The van der Waals surface area contributed by atoms with Crippen LogP contribution in [0.3, 0.4) is 0 Å². The lowest BCUT2D eigenvalue weighted by Gasteiger charge is -2.09. The number of esters is 1. The third kappa shape index (κ3) is 2.97. The second-order valence-electron chi connectivity index (χ2n) is 4.93. The van der Waals surface area contributed by atoms with Crippen molar-refractivity contribution in [2.75, 3.05) is 14.2 Å². The van der Waals surface area contributed by atoms with Crippen molar-refractivity contribution in [1.82, 2.24) is 4.98 Å². The largest absolute Gasteiger partial charge is 0.465 e. The van der Waals surface area contributed by atoms with Crippen LogP contribution in [-0.2, 0) is 16.1 Å². The predicted octanol–water partition coefficient (Wildman–Crippen LogP) is 3.20. The summed E-state index contributed by atoms with van der Waals surface area (Å²) in [5.74, 6) is 0.817. The number of ether oxygens (including phenoxy) is 2. The summed E-state index contributed by atoms with van der Waals surface area (Å²) in [5, 5.41) is 0. The fourth-order valence-electron chi connectivity index (χ4n) is 2.31. The number of hydrogen-bond donors (Lipinski definition) is 0. The van der Waals surface area contributed by atoms with Gasteiger partial charge in [-0.1, -0.05) is 6.07 Å². The number of aryl methyl sites for hydroxylation is 3. The van der Waals surface area contributed by atoms with Crippen LogP contribution >= 0.6 is 0 Å². The van der Waals surface area contributed by atoms with Crippen molar-refractivity contribution in [3.8, 4) is 11.3 Å². The molecule has 2 aromatic rings. The number of aromatic nitrogens is 1. The Morgan fingerprint density at radius 3 is 2.52 bits per heavy atom. The first-order chi connectivity index (χ1) is 9.97. The Balaban J connectivity index is 2.55. The lowest BCUT2D eigenvalue weighted by Crippen LogP contribution is -2.05. The van der Waals surface area contributed by atoms with Crippen molar-refractivity contribution in [1.29, 1.82) is 0 Å². The quantitative estimate of drug-likeness (QED) is 0.809. The Kier molecular flexibility index (Phi) is 4.43. The van der Waals surface area contributed by atoms with Gasteiger partial charge in [0.25, 0.3) is 0 Å². The fraction of sp³-hybridized carbons (Fsp3) is 0.375. The molecule has 0 aliphatic heterocycles. The highest BCUT2D eigenvalue weighted by atomic mass is 16.5. The summed E-state index contributed by atoms with van der Waals surface area (Å²) in [6.07, 6.45) is 0. The summed E-state index contributed by atoms with van der Waals surface area (Å²) >= 11 is 0.